The van der Waals surface area contributed by atoms with Gasteiger partial charge in [-0.25, -0.2) is 14.5 Å². The highest BCUT2D eigenvalue weighted by Crippen LogP contribution is 2.18. The van der Waals surface area contributed by atoms with Crippen molar-refractivity contribution in [2.75, 3.05) is 25.0 Å². The van der Waals surface area contributed by atoms with Gasteiger partial charge >= 0.3 is 18.0 Å². The number of carbonyl (C=O) groups excluding carboxylic acids is 4. The number of imide groups is 2. The molecule has 5 amide bonds. The third kappa shape index (κ3) is 8.43. The van der Waals surface area contributed by atoms with Gasteiger partial charge in [-0.3, -0.25) is 19.4 Å². The van der Waals surface area contributed by atoms with E-state index in [2.05, 4.69) is 4.98 Å². The summed E-state index contributed by atoms with van der Waals surface area (Å²) in [4.78, 5) is 61.0. The van der Waals surface area contributed by atoms with E-state index in [1.165, 1.54) is 18.2 Å². The Hall–Kier alpha value is -5.19. The molecule has 0 radical (unpaired) electrons. The summed E-state index contributed by atoms with van der Waals surface area (Å²) in [5.74, 6) is -1.48. The second kappa shape index (κ2) is 15.3. The number of aryl methyl sites for hydroxylation is 1. The molecule has 230 valence electrons. The van der Waals surface area contributed by atoms with Crippen molar-refractivity contribution in [2.24, 2.45) is 5.92 Å². The van der Waals surface area contributed by atoms with Crippen LogP contribution in [-0.4, -0.2) is 58.9 Å². The van der Waals surface area contributed by atoms with Crippen molar-refractivity contribution >= 4 is 29.8 Å². The number of aromatic nitrogens is 1. The summed E-state index contributed by atoms with van der Waals surface area (Å²) in [6.45, 7) is 3.89. The molecule has 0 aliphatic carbocycles. The molecule has 0 N–H and O–H groups in total. The van der Waals surface area contributed by atoms with Crippen molar-refractivity contribution in [1.29, 1.82) is 0 Å². The van der Waals surface area contributed by atoms with Gasteiger partial charge in [-0.15, -0.1) is 0 Å². The van der Waals surface area contributed by atoms with Crippen molar-refractivity contribution in [3.8, 4) is 0 Å². The lowest BCUT2D eigenvalue weighted by atomic mass is 10.1. The average molecular weight is 601 g/mol. The summed E-state index contributed by atoms with van der Waals surface area (Å²) in [6, 6.07) is 21.1. The monoisotopic (exact) mass is 600 g/mol. The van der Waals surface area contributed by atoms with Crippen molar-refractivity contribution in [3.05, 3.63) is 108 Å². The molecule has 0 saturated carbocycles. The first-order chi connectivity index (χ1) is 21.2. The van der Waals surface area contributed by atoms with Gasteiger partial charge < -0.3 is 13.6 Å². The van der Waals surface area contributed by atoms with E-state index in [1.54, 1.807) is 24.3 Å². The molecule has 44 heavy (non-hydrogen) atoms. The highest BCUT2D eigenvalue weighted by atomic mass is 16.6. The van der Waals surface area contributed by atoms with E-state index in [1.807, 2.05) is 62.4 Å². The molecule has 2 aromatic heterocycles. The van der Waals surface area contributed by atoms with Crippen LogP contribution in [0.3, 0.4) is 0 Å². The summed E-state index contributed by atoms with van der Waals surface area (Å²) in [7, 11) is 1.49. The SMILES string of the molecule is CC(C)CCN(C(=O)OCc1ccccc1)C(=O)N(CCCc1ccccc1)C(=O)c1nc(C(=O)N(C)c2ccco2)co1. The second-order valence-corrected chi connectivity index (χ2v) is 10.6. The highest BCUT2D eigenvalue weighted by molar-refractivity contribution is 6.07. The number of hydrogen-bond acceptors (Lipinski definition) is 8. The van der Waals surface area contributed by atoms with Gasteiger partial charge in [0.25, 0.3) is 11.8 Å². The van der Waals surface area contributed by atoms with Gasteiger partial charge in [-0.1, -0.05) is 74.5 Å². The molecule has 0 fully saturated rings. The number of benzene rings is 2. The van der Waals surface area contributed by atoms with Gasteiger partial charge in [0.05, 0.1) is 6.26 Å². The molecule has 11 nitrogen and oxygen atoms in total. The molecule has 2 heterocycles. The number of hydrogen-bond donors (Lipinski definition) is 0. The number of carbonyl (C=O) groups is 4. The van der Waals surface area contributed by atoms with Crippen LogP contribution in [0.25, 0.3) is 0 Å². The summed E-state index contributed by atoms with van der Waals surface area (Å²) >= 11 is 0. The molecule has 0 unspecified atom stereocenters. The Morgan fingerprint density at radius 3 is 2.14 bits per heavy atom. The van der Waals surface area contributed by atoms with Crippen LogP contribution in [0.1, 0.15) is 59.0 Å². The molecule has 0 bridgehead atoms. The molecule has 0 spiro atoms. The Kier molecular flexibility index (Phi) is 11.1. The number of rotatable bonds is 12. The van der Waals surface area contributed by atoms with Crippen molar-refractivity contribution in [2.45, 2.75) is 39.7 Å². The van der Waals surface area contributed by atoms with Crippen LogP contribution in [0.15, 0.2) is 94.2 Å². The lowest BCUT2D eigenvalue weighted by molar-refractivity contribution is 0.0677. The number of furan rings is 1. The minimum Gasteiger partial charge on any atom is -0.448 e. The fourth-order valence-electron chi connectivity index (χ4n) is 4.28. The smallest absolute Gasteiger partial charge is 0.418 e. The maximum Gasteiger partial charge on any atom is 0.418 e. The van der Waals surface area contributed by atoms with Crippen LogP contribution in [0.5, 0.6) is 0 Å². The van der Waals surface area contributed by atoms with Crippen LogP contribution in [0.4, 0.5) is 15.5 Å². The van der Waals surface area contributed by atoms with Crippen LogP contribution in [0, 0.1) is 5.92 Å². The zero-order valence-electron chi connectivity index (χ0n) is 25.0. The van der Waals surface area contributed by atoms with E-state index in [4.69, 9.17) is 13.6 Å². The third-order valence-electron chi connectivity index (χ3n) is 6.80. The maximum absolute atomic E-state index is 13.9. The molecule has 2 aromatic carbocycles. The summed E-state index contributed by atoms with van der Waals surface area (Å²) in [5.41, 5.74) is 1.63. The third-order valence-corrected chi connectivity index (χ3v) is 6.80. The number of ether oxygens (including phenoxy) is 1. The largest absolute Gasteiger partial charge is 0.448 e. The van der Waals surface area contributed by atoms with E-state index in [-0.39, 0.29) is 37.2 Å². The molecule has 0 saturated heterocycles. The Balaban J connectivity index is 1.56. The molecular weight excluding hydrogens is 564 g/mol. The Morgan fingerprint density at radius 2 is 1.50 bits per heavy atom. The number of anilines is 1. The maximum atomic E-state index is 13.9. The zero-order valence-corrected chi connectivity index (χ0v) is 25.0. The number of urea groups is 1. The predicted molar refractivity (Wildman–Crippen MR) is 162 cm³/mol. The number of nitrogens with zero attached hydrogens (tertiary/aromatic N) is 4. The minimum atomic E-state index is -0.881. The topological polar surface area (TPSA) is 126 Å². The summed E-state index contributed by atoms with van der Waals surface area (Å²) in [5, 5.41) is 0. The van der Waals surface area contributed by atoms with E-state index < -0.39 is 29.8 Å². The minimum absolute atomic E-state index is 0.0331. The first-order valence-electron chi connectivity index (χ1n) is 14.4. The highest BCUT2D eigenvalue weighted by Gasteiger charge is 2.34. The fraction of sp³-hybridized carbons (Fsp3) is 0.303. The fourth-order valence-corrected chi connectivity index (χ4v) is 4.28. The standard InChI is InChI=1S/C33H36N4O7/c1-24(2)18-20-37(33(41)44-22-26-14-8-5-9-15-26)32(40)36(19-10-16-25-12-6-4-7-13-25)31(39)29-34-27(23-43-29)30(38)35(3)28-17-11-21-42-28/h4-9,11-15,17,21,23-24H,10,16,18-20,22H2,1-3H3. The van der Waals surface area contributed by atoms with Gasteiger partial charge in [0, 0.05) is 26.2 Å². The molecule has 4 aromatic rings. The summed E-state index contributed by atoms with van der Waals surface area (Å²) < 4.78 is 16.1. The number of amides is 5. The van der Waals surface area contributed by atoms with E-state index in [0.717, 1.165) is 27.2 Å². The number of oxazole rings is 1. The van der Waals surface area contributed by atoms with E-state index >= 15 is 0 Å². The van der Waals surface area contributed by atoms with E-state index in [0.29, 0.717) is 19.3 Å². The zero-order chi connectivity index (χ0) is 31.5. The van der Waals surface area contributed by atoms with Gasteiger partial charge in [-0.2, -0.15) is 4.98 Å². The molecule has 11 heteroatoms. The van der Waals surface area contributed by atoms with Crippen molar-refractivity contribution in [3.63, 3.8) is 0 Å². The van der Waals surface area contributed by atoms with E-state index in [9.17, 15) is 19.2 Å². The van der Waals surface area contributed by atoms with Crippen molar-refractivity contribution in [1.82, 2.24) is 14.8 Å². The van der Waals surface area contributed by atoms with Crippen LogP contribution in [-0.2, 0) is 17.8 Å². The predicted octanol–water partition coefficient (Wildman–Crippen LogP) is 6.42. The molecule has 0 aliphatic heterocycles. The van der Waals surface area contributed by atoms with Crippen LogP contribution < -0.4 is 4.90 Å². The Bertz CT molecular complexity index is 1520. The Labute approximate surface area is 256 Å². The van der Waals surface area contributed by atoms with Gasteiger partial charge in [-0.05, 0) is 42.4 Å². The quantitative estimate of drug-likeness (QED) is 0.182. The second-order valence-electron chi connectivity index (χ2n) is 10.6. The summed E-state index contributed by atoms with van der Waals surface area (Å²) in [6.07, 6.45) is 3.08. The van der Waals surface area contributed by atoms with Gasteiger partial charge in [0.1, 0.15) is 12.9 Å². The van der Waals surface area contributed by atoms with Crippen LogP contribution in [0.2, 0.25) is 0 Å². The molecule has 4 rings (SSSR count). The normalized spacial score (nSPS) is 10.8. The lowest BCUT2D eigenvalue weighted by Crippen LogP contribution is -2.50. The van der Waals surface area contributed by atoms with Gasteiger partial charge in [0.15, 0.2) is 5.69 Å². The molecular formula is C33H36N4O7. The lowest BCUT2D eigenvalue weighted by Gasteiger charge is -2.27. The van der Waals surface area contributed by atoms with Gasteiger partial charge in [0.2, 0.25) is 5.88 Å². The average Bonchev–Trinajstić information content (AvgIpc) is 3.75. The van der Waals surface area contributed by atoms with Crippen molar-refractivity contribution < 1.29 is 32.7 Å². The first-order valence-corrected chi connectivity index (χ1v) is 14.4. The Morgan fingerprint density at radius 1 is 0.818 bits per heavy atom. The molecule has 0 atom stereocenters. The molecule has 0 aliphatic rings. The van der Waals surface area contributed by atoms with Crippen LogP contribution >= 0.6 is 0 Å². The first kappa shape index (κ1) is 31.7.